The van der Waals surface area contributed by atoms with Gasteiger partial charge in [-0.25, -0.2) is 0 Å². The topological polar surface area (TPSA) is 60.9 Å². The maximum atomic E-state index is 12.8. The smallest absolute Gasteiger partial charge is 0.307 e. The average molecular weight is 356 g/mol. The lowest BCUT2D eigenvalue weighted by molar-refractivity contribution is -0.153. The first kappa shape index (κ1) is 18.6. The van der Waals surface area contributed by atoms with Gasteiger partial charge in [0.1, 0.15) is 0 Å². The Morgan fingerprint density at radius 1 is 1.00 bits per heavy atom. The van der Waals surface area contributed by atoms with E-state index in [1.165, 1.54) is 5.56 Å². The quantitative estimate of drug-likeness (QED) is 0.881. The molecular formula is C21H28N2O3. The highest BCUT2D eigenvalue weighted by Gasteiger charge is 2.38. The van der Waals surface area contributed by atoms with E-state index in [4.69, 9.17) is 0 Å². The van der Waals surface area contributed by atoms with Crippen molar-refractivity contribution in [2.24, 2.45) is 11.8 Å². The highest BCUT2D eigenvalue weighted by Crippen LogP contribution is 2.32. The molecule has 5 heteroatoms. The monoisotopic (exact) mass is 356 g/mol. The molecular weight excluding hydrogens is 328 g/mol. The molecule has 1 aliphatic heterocycles. The fourth-order valence-electron chi connectivity index (χ4n) is 4.01. The summed E-state index contributed by atoms with van der Waals surface area (Å²) in [5.74, 6) is -1.59. The minimum Gasteiger partial charge on any atom is -0.481 e. The summed E-state index contributed by atoms with van der Waals surface area (Å²) in [6.45, 7) is 3.95. The predicted octanol–water partition coefficient (Wildman–Crippen LogP) is 2.74. The molecule has 2 fully saturated rings. The van der Waals surface area contributed by atoms with Crippen LogP contribution in [0, 0.1) is 11.8 Å². The van der Waals surface area contributed by atoms with Crippen LogP contribution in [0.3, 0.4) is 0 Å². The molecule has 1 aromatic rings. The zero-order chi connectivity index (χ0) is 18.4. The fraction of sp³-hybridized carbons (Fsp3) is 0.524. The number of carboxylic acids is 1. The van der Waals surface area contributed by atoms with Gasteiger partial charge in [0.15, 0.2) is 0 Å². The average Bonchev–Trinajstić information content (AvgIpc) is 2.69. The summed E-state index contributed by atoms with van der Waals surface area (Å²) in [6.07, 6.45) is 7.52. The van der Waals surface area contributed by atoms with Crippen molar-refractivity contribution >= 4 is 18.0 Å². The number of hydrogen-bond donors (Lipinski definition) is 1. The molecule has 140 valence electrons. The Morgan fingerprint density at radius 2 is 1.65 bits per heavy atom. The first-order valence-electron chi connectivity index (χ1n) is 9.60. The second-order valence-corrected chi connectivity index (χ2v) is 7.27. The van der Waals surface area contributed by atoms with Gasteiger partial charge in [-0.1, -0.05) is 55.3 Å². The third-order valence-electron chi connectivity index (χ3n) is 5.56. The molecule has 0 unspecified atom stereocenters. The Labute approximate surface area is 155 Å². The molecule has 0 spiro atoms. The van der Waals surface area contributed by atoms with Crippen molar-refractivity contribution in [3.8, 4) is 0 Å². The predicted molar refractivity (Wildman–Crippen MR) is 102 cm³/mol. The lowest BCUT2D eigenvalue weighted by Gasteiger charge is -2.38. The molecule has 2 atom stereocenters. The number of rotatable bonds is 5. The molecule has 1 aliphatic carbocycles. The van der Waals surface area contributed by atoms with Crippen LogP contribution in [0.5, 0.6) is 0 Å². The number of benzene rings is 1. The van der Waals surface area contributed by atoms with Crippen molar-refractivity contribution in [3.05, 3.63) is 42.0 Å². The van der Waals surface area contributed by atoms with E-state index in [9.17, 15) is 14.7 Å². The molecule has 1 aromatic carbocycles. The summed E-state index contributed by atoms with van der Waals surface area (Å²) in [5.41, 5.74) is 1.19. The van der Waals surface area contributed by atoms with Gasteiger partial charge in [-0.15, -0.1) is 0 Å². The third kappa shape index (κ3) is 4.73. The molecule has 0 aromatic heterocycles. The van der Waals surface area contributed by atoms with Gasteiger partial charge in [-0.05, 0) is 18.4 Å². The Balaban J connectivity index is 1.47. The molecule has 1 saturated heterocycles. The van der Waals surface area contributed by atoms with Crippen molar-refractivity contribution in [1.82, 2.24) is 9.80 Å². The van der Waals surface area contributed by atoms with Crippen LogP contribution in [0.25, 0.3) is 6.08 Å². The van der Waals surface area contributed by atoms with Gasteiger partial charge in [0.05, 0.1) is 11.8 Å². The van der Waals surface area contributed by atoms with Gasteiger partial charge >= 0.3 is 5.97 Å². The zero-order valence-electron chi connectivity index (χ0n) is 15.2. The van der Waals surface area contributed by atoms with E-state index in [2.05, 4.69) is 29.2 Å². The molecule has 1 N–H and O–H groups in total. The maximum Gasteiger partial charge on any atom is 0.307 e. The highest BCUT2D eigenvalue weighted by molar-refractivity contribution is 5.85. The number of carboxylic acid groups (broad SMARTS) is 1. The number of carbonyl (C=O) groups excluding carboxylic acids is 1. The van der Waals surface area contributed by atoms with E-state index in [1.54, 1.807) is 0 Å². The Hall–Kier alpha value is -2.14. The van der Waals surface area contributed by atoms with Crippen molar-refractivity contribution in [1.29, 1.82) is 0 Å². The molecule has 1 heterocycles. The molecule has 26 heavy (non-hydrogen) atoms. The van der Waals surface area contributed by atoms with Crippen LogP contribution in [-0.4, -0.2) is 59.5 Å². The van der Waals surface area contributed by atoms with E-state index in [-0.39, 0.29) is 11.8 Å². The van der Waals surface area contributed by atoms with Crippen LogP contribution >= 0.6 is 0 Å². The highest BCUT2D eigenvalue weighted by atomic mass is 16.4. The van der Waals surface area contributed by atoms with E-state index in [0.717, 1.165) is 38.9 Å². The van der Waals surface area contributed by atoms with Gasteiger partial charge in [0.25, 0.3) is 0 Å². The van der Waals surface area contributed by atoms with E-state index in [1.807, 2.05) is 23.1 Å². The second-order valence-electron chi connectivity index (χ2n) is 7.27. The summed E-state index contributed by atoms with van der Waals surface area (Å²) < 4.78 is 0. The van der Waals surface area contributed by atoms with E-state index >= 15 is 0 Å². The summed E-state index contributed by atoms with van der Waals surface area (Å²) in [5, 5.41) is 9.40. The maximum absolute atomic E-state index is 12.8. The van der Waals surface area contributed by atoms with Crippen LogP contribution < -0.4 is 0 Å². The van der Waals surface area contributed by atoms with E-state index in [0.29, 0.717) is 19.5 Å². The van der Waals surface area contributed by atoms with Crippen LogP contribution in [0.1, 0.15) is 31.2 Å². The van der Waals surface area contributed by atoms with Gasteiger partial charge in [0.2, 0.25) is 5.91 Å². The number of aliphatic carboxylic acids is 1. The van der Waals surface area contributed by atoms with Crippen molar-refractivity contribution in [2.45, 2.75) is 25.7 Å². The molecule has 2 aliphatic rings. The number of amides is 1. The molecule has 1 amide bonds. The minimum atomic E-state index is -0.812. The van der Waals surface area contributed by atoms with Crippen molar-refractivity contribution in [3.63, 3.8) is 0 Å². The summed E-state index contributed by atoms with van der Waals surface area (Å²) in [6, 6.07) is 10.2. The van der Waals surface area contributed by atoms with Crippen molar-refractivity contribution < 1.29 is 14.7 Å². The van der Waals surface area contributed by atoms with Crippen molar-refractivity contribution in [2.75, 3.05) is 32.7 Å². The number of piperazine rings is 1. The summed E-state index contributed by atoms with van der Waals surface area (Å²) >= 11 is 0. The van der Waals surface area contributed by atoms with Gasteiger partial charge in [-0.3, -0.25) is 14.5 Å². The lowest BCUT2D eigenvalue weighted by atomic mass is 9.78. The van der Waals surface area contributed by atoms with Gasteiger partial charge in [-0.2, -0.15) is 0 Å². The third-order valence-corrected chi connectivity index (χ3v) is 5.56. The van der Waals surface area contributed by atoms with Gasteiger partial charge in [0, 0.05) is 32.7 Å². The zero-order valence-corrected chi connectivity index (χ0v) is 15.2. The second kappa shape index (κ2) is 8.99. The van der Waals surface area contributed by atoms with E-state index < -0.39 is 11.9 Å². The first-order valence-corrected chi connectivity index (χ1v) is 9.60. The largest absolute Gasteiger partial charge is 0.481 e. The molecule has 3 rings (SSSR count). The number of nitrogens with zero attached hydrogens (tertiary/aromatic N) is 2. The Morgan fingerprint density at radius 3 is 2.31 bits per heavy atom. The standard InChI is InChI=1S/C21H28N2O3/c24-20(18-10-4-5-11-19(18)21(25)26)23-15-13-22(14-16-23)12-6-9-17-7-2-1-3-8-17/h1-3,6-9,18-19H,4-5,10-16H2,(H,25,26)/b9-6+/t18-,19-/m0/s1. The fourth-order valence-corrected chi connectivity index (χ4v) is 4.01. The lowest BCUT2D eigenvalue weighted by Crippen LogP contribution is -2.52. The number of hydrogen-bond acceptors (Lipinski definition) is 3. The molecule has 5 nitrogen and oxygen atoms in total. The van der Waals surface area contributed by atoms with Crippen LogP contribution in [-0.2, 0) is 9.59 Å². The molecule has 1 saturated carbocycles. The Bertz CT molecular complexity index is 636. The number of carbonyl (C=O) groups is 2. The van der Waals surface area contributed by atoms with Crippen LogP contribution in [0.2, 0.25) is 0 Å². The minimum absolute atomic E-state index is 0.0524. The normalized spacial score (nSPS) is 24.7. The summed E-state index contributed by atoms with van der Waals surface area (Å²) in [4.78, 5) is 28.5. The van der Waals surface area contributed by atoms with Gasteiger partial charge < -0.3 is 10.0 Å². The molecule has 0 bridgehead atoms. The first-order chi connectivity index (χ1) is 12.6. The van der Waals surface area contributed by atoms with Crippen LogP contribution in [0.4, 0.5) is 0 Å². The summed E-state index contributed by atoms with van der Waals surface area (Å²) in [7, 11) is 0. The SMILES string of the molecule is O=C(O)[C@H]1CCCC[C@@H]1C(=O)N1CCN(C/C=C/c2ccccc2)CC1. The molecule has 0 radical (unpaired) electrons. The Kier molecular flexibility index (Phi) is 6.45. The van der Waals surface area contributed by atoms with Crippen LogP contribution in [0.15, 0.2) is 36.4 Å².